The lowest BCUT2D eigenvalue weighted by Gasteiger charge is -2.21. The van der Waals surface area contributed by atoms with Crippen molar-refractivity contribution in [1.29, 1.82) is 0 Å². The molecular weight excluding hydrogens is 707 g/mol. The summed E-state index contributed by atoms with van der Waals surface area (Å²) < 4.78 is 11.1. The molecule has 57 heavy (non-hydrogen) atoms. The van der Waals surface area contributed by atoms with Crippen molar-refractivity contribution >= 4 is 11.9 Å². The number of esters is 2. The Kier molecular flexibility index (Phi) is 42.6. The summed E-state index contributed by atoms with van der Waals surface area (Å²) in [5.74, 6) is 0.994. The summed E-state index contributed by atoms with van der Waals surface area (Å²) in [4.78, 5) is 24.8. The lowest BCUT2D eigenvalue weighted by atomic mass is 9.84. The van der Waals surface area contributed by atoms with Gasteiger partial charge < -0.3 is 19.9 Å². The van der Waals surface area contributed by atoms with Crippen LogP contribution in [0, 0.1) is 11.8 Å². The molecule has 3 atom stereocenters. The third kappa shape index (κ3) is 38.3. The van der Waals surface area contributed by atoms with Crippen LogP contribution in [0.3, 0.4) is 0 Å². The number of carbonyl (C=O) groups is 2. The molecule has 2 N–H and O–H groups in total. The van der Waals surface area contributed by atoms with Crippen molar-refractivity contribution in [1.82, 2.24) is 5.32 Å². The zero-order valence-corrected chi connectivity index (χ0v) is 38.7. The Morgan fingerprint density at radius 2 is 1.05 bits per heavy atom. The topological polar surface area (TPSA) is 84.9 Å². The predicted molar refractivity (Wildman–Crippen MR) is 246 cm³/mol. The van der Waals surface area contributed by atoms with Crippen LogP contribution < -0.4 is 5.32 Å². The van der Waals surface area contributed by atoms with Crippen LogP contribution in [0.4, 0.5) is 0 Å². The zero-order valence-electron chi connectivity index (χ0n) is 38.7. The first-order valence-electron chi connectivity index (χ1n) is 24.9. The van der Waals surface area contributed by atoms with E-state index in [9.17, 15) is 14.7 Å². The van der Waals surface area contributed by atoms with Crippen LogP contribution in [-0.4, -0.2) is 49.5 Å². The van der Waals surface area contributed by atoms with Crippen molar-refractivity contribution in [3.8, 4) is 0 Å². The quantitative estimate of drug-likeness (QED) is 0.0362. The highest BCUT2D eigenvalue weighted by Crippen LogP contribution is 2.26. The average Bonchev–Trinajstić information content (AvgIpc) is 3.20. The van der Waals surface area contributed by atoms with Crippen LogP contribution in [-0.2, 0) is 19.1 Å². The molecule has 336 valence electrons. The van der Waals surface area contributed by atoms with Gasteiger partial charge in [-0.25, -0.2) is 9.59 Å². The van der Waals surface area contributed by atoms with Gasteiger partial charge in [0.2, 0.25) is 0 Å². The third-order valence-electron chi connectivity index (χ3n) is 12.0. The van der Waals surface area contributed by atoms with E-state index >= 15 is 0 Å². The first kappa shape index (κ1) is 55.3. The normalized spacial score (nSPS) is 13.6. The number of aliphatic hydroxyl groups is 1. The SMILES string of the molecule is CCCCCCCCCC/C(=C/C(=O)OCCCCCCCCCC(CCCCCOC(=O)/C=C/CC(CCCCCCCC)C(C)CC)NCCCO)CCC. The molecule has 0 aliphatic heterocycles. The lowest BCUT2D eigenvalue weighted by Crippen LogP contribution is -2.30. The summed E-state index contributed by atoms with van der Waals surface area (Å²) in [6, 6.07) is 0.485. The number of nitrogens with one attached hydrogen (secondary N) is 1. The Bertz CT molecular complexity index is 933. The third-order valence-corrected chi connectivity index (χ3v) is 12.0. The van der Waals surface area contributed by atoms with Crippen molar-refractivity contribution in [2.75, 3.05) is 26.4 Å². The molecule has 3 unspecified atom stereocenters. The number of hydrogen-bond donors (Lipinski definition) is 2. The molecule has 0 saturated heterocycles. The van der Waals surface area contributed by atoms with Crippen LogP contribution in [0.2, 0.25) is 0 Å². The average molecular weight is 804 g/mol. The minimum atomic E-state index is -0.197. The predicted octanol–water partition coefficient (Wildman–Crippen LogP) is 14.7. The molecule has 6 heteroatoms. The fourth-order valence-electron chi connectivity index (χ4n) is 7.95. The first-order valence-corrected chi connectivity index (χ1v) is 24.9. The van der Waals surface area contributed by atoms with E-state index in [4.69, 9.17) is 9.47 Å². The van der Waals surface area contributed by atoms with E-state index in [2.05, 4.69) is 46.0 Å². The van der Waals surface area contributed by atoms with Crippen LogP contribution >= 0.6 is 0 Å². The Labute approximate surface area is 355 Å². The van der Waals surface area contributed by atoms with Crippen molar-refractivity contribution in [3.63, 3.8) is 0 Å². The zero-order chi connectivity index (χ0) is 41.9. The second-order valence-electron chi connectivity index (χ2n) is 17.3. The van der Waals surface area contributed by atoms with E-state index in [1.54, 1.807) is 12.2 Å². The molecule has 0 aromatic carbocycles. The molecule has 0 aliphatic rings. The molecule has 0 radical (unpaired) electrons. The fraction of sp³-hybridized carbons (Fsp3) is 0.882. The smallest absolute Gasteiger partial charge is 0.330 e. The van der Waals surface area contributed by atoms with Gasteiger partial charge in [-0.15, -0.1) is 0 Å². The summed E-state index contributed by atoms with van der Waals surface area (Å²) in [6.07, 6.45) is 45.0. The van der Waals surface area contributed by atoms with E-state index in [0.29, 0.717) is 31.1 Å². The van der Waals surface area contributed by atoms with Gasteiger partial charge in [0.15, 0.2) is 0 Å². The minimum Gasteiger partial charge on any atom is -0.463 e. The number of carbonyl (C=O) groups excluding carboxylic acids is 2. The fourth-order valence-corrected chi connectivity index (χ4v) is 7.95. The molecular formula is C51H97NO5. The van der Waals surface area contributed by atoms with E-state index in [0.717, 1.165) is 77.2 Å². The highest BCUT2D eigenvalue weighted by molar-refractivity contribution is 5.82. The number of aliphatic hydroxyl groups excluding tert-OH is 1. The Balaban J connectivity index is 4.13. The van der Waals surface area contributed by atoms with Gasteiger partial charge in [0.25, 0.3) is 0 Å². The van der Waals surface area contributed by atoms with Gasteiger partial charge in [-0.2, -0.15) is 0 Å². The molecule has 0 bridgehead atoms. The second-order valence-corrected chi connectivity index (χ2v) is 17.3. The maximum absolute atomic E-state index is 12.4. The molecule has 0 fully saturated rings. The number of hydrogen-bond acceptors (Lipinski definition) is 6. The Morgan fingerprint density at radius 3 is 1.60 bits per heavy atom. The largest absolute Gasteiger partial charge is 0.463 e. The van der Waals surface area contributed by atoms with Gasteiger partial charge in [-0.3, -0.25) is 0 Å². The van der Waals surface area contributed by atoms with Gasteiger partial charge >= 0.3 is 11.9 Å². The van der Waals surface area contributed by atoms with Gasteiger partial charge in [-0.1, -0.05) is 194 Å². The highest BCUT2D eigenvalue weighted by atomic mass is 16.5. The maximum Gasteiger partial charge on any atom is 0.330 e. The lowest BCUT2D eigenvalue weighted by molar-refractivity contribution is -0.138. The first-order chi connectivity index (χ1) is 27.9. The molecule has 0 amide bonds. The molecule has 0 saturated carbocycles. The highest BCUT2D eigenvalue weighted by Gasteiger charge is 2.14. The maximum atomic E-state index is 12.4. The molecule has 0 heterocycles. The van der Waals surface area contributed by atoms with Crippen LogP contribution in [0.1, 0.15) is 247 Å². The van der Waals surface area contributed by atoms with Gasteiger partial charge in [-0.05, 0) is 82.6 Å². The van der Waals surface area contributed by atoms with E-state index in [-0.39, 0.29) is 18.5 Å². The van der Waals surface area contributed by atoms with Gasteiger partial charge in [0.05, 0.1) is 13.2 Å². The Hall–Kier alpha value is -1.66. The summed E-state index contributed by atoms with van der Waals surface area (Å²) in [6.45, 7) is 13.5. The molecule has 0 aliphatic carbocycles. The Morgan fingerprint density at radius 1 is 0.561 bits per heavy atom. The summed E-state index contributed by atoms with van der Waals surface area (Å²) in [5.41, 5.74) is 1.26. The second kappa shape index (κ2) is 43.9. The van der Waals surface area contributed by atoms with E-state index in [1.807, 2.05) is 0 Å². The van der Waals surface area contributed by atoms with Gasteiger partial charge in [0.1, 0.15) is 0 Å². The number of unbranched alkanes of at least 4 members (excludes halogenated alkanes) is 20. The van der Waals surface area contributed by atoms with Crippen molar-refractivity contribution in [3.05, 3.63) is 23.8 Å². The van der Waals surface area contributed by atoms with Crippen LogP contribution in [0.25, 0.3) is 0 Å². The number of ether oxygens (including phenoxy) is 2. The van der Waals surface area contributed by atoms with Crippen LogP contribution in [0.5, 0.6) is 0 Å². The number of allylic oxidation sites excluding steroid dienone is 2. The van der Waals surface area contributed by atoms with E-state index < -0.39 is 0 Å². The van der Waals surface area contributed by atoms with Crippen LogP contribution in [0.15, 0.2) is 23.8 Å². The van der Waals surface area contributed by atoms with Crippen molar-refractivity contribution in [2.24, 2.45) is 11.8 Å². The van der Waals surface area contributed by atoms with Crippen molar-refractivity contribution in [2.45, 2.75) is 253 Å². The molecule has 0 aromatic heterocycles. The molecule has 0 spiro atoms. The number of rotatable bonds is 44. The van der Waals surface area contributed by atoms with Crippen molar-refractivity contribution < 1.29 is 24.2 Å². The molecule has 0 rings (SSSR count). The summed E-state index contributed by atoms with van der Waals surface area (Å²) in [7, 11) is 0. The van der Waals surface area contributed by atoms with Gasteiger partial charge in [0, 0.05) is 24.8 Å². The standard InChI is InChI=1S/C51H97NO5/c1-6-10-12-14-16-18-21-26-35-47(34-8-3)45-51(55)57-44-30-24-20-17-19-23-28-38-49(52-41-33-42-53)39-29-25-31-43-56-50(54)40-32-37-48(46(5)9-4)36-27-22-15-13-11-7-2/h32,40,45-46,48-49,52-53H,6-31,33-39,41-44H2,1-5H3/b40-32+,47-45+. The summed E-state index contributed by atoms with van der Waals surface area (Å²) >= 11 is 0. The molecule has 0 aromatic rings. The minimum absolute atomic E-state index is 0.147. The summed E-state index contributed by atoms with van der Waals surface area (Å²) in [5, 5.41) is 12.9. The van der Waals surface area contributed by atoms with E-state index in [1.165, 1.54) is 147 Å². The molecule has 6 nitrogen and oxygen atoms in total. The monoisotopic (exact) mass is 804 g/mol.